The van der Waals surface area contributed by atoms with Crippen LogP contribution in [0.2, 0.25) is 0 Å². The zero-order valence-electron chi connectivity index (χ0n) is 28.3. The van der Waals surface area contributed by atoms with Crippen LogP contribution in [-0.2, 0) is 23.9 Å². The zero-order chi connectivity index (χ0) is 33.1. The minimum atomic E-state index is -0.853. The molecule has 1 rings (SSSR count). The summed E-state index contributed by atoms with van der Waals surface area (Å²) < 4.78 is 10.5. The molecule has 0 aromatic heterocycles. The molecule has 0 heterocycles. The number of aliphatic hydroxyl groups is 3. The molecule has 0 unspecified atom stereocenters. The zero-order valence-corrected chi connectivity index (χ0v) is 28.3. The van der Waals surface area contributed by atoms with E-state index in [0.717, 1.165) is 38.5 Å². The summed E-state index contributed by atoms with van der Waals surface area (Å²) in [5.41, 5.74) is 0. The van der Waals surface area contributed by atoms with Crippen LogP contribution < -0.4 is 0 Å². The number of carbonyl (C=O) groups is 3. The predicted molar refractivity (Wildman–Crippen MR) is 179 cm³/mol. The molecular weight excluding hydrogens is 572 g/mol. The molecular formula is C37H64O8. The van der Waals surface area contributed by atoms with Gasteiger partial charge in [0.25, 0.3) is 0 Å². The Hall–Kier alpha value is -2.03. The molecule has 260 valence electrons. The van der Waals surface area contributed by atoms with Gasteiger partial charge in [-0.2, -0.15) is 0 Å². The minimum absolute atomic E-state index is 0.00148. The summed E-state index contributed by atoms with van der Waals surface area (Å²) in [7, 11) is 0. The van der Waals surface area contributed by atoms with Crippen molar-refractivity contribution in [1.29, 1.82) is 0 Å². The molecule has 5 atom stereocenters. The van der Waals surface area contributed by atoms with Crippen molar-refractivity contribution in [3.63, 3.8) is 0 Å². The van der Waals surface area contributed by atoms with Gasteiger partial charge in [0.1, 0.15) is 12.4 Å². The van der Waals surface area contributed by atoms with E-state index in [0.29, 0.717) is 32.1 Å². The Bertz CT molecular complexity index is 838. The maximum absolute atomic E-state index is 12.4. The van der Waals surface area contributed by atoms with Gasteiger partial charge in [-0.25, -0.2) is 0 Å². The van der Waals surface area contributed by atoms with Gasteiger partial charge in [-0.3, -0.25) is 14.4 Å². The molecule has 0 aromatic rings. The van der Waals surface area contributed by atoms with Crippen LogP contribution in [0, 0.1) is 11.8 Å². The molecule has 0 radical (unpaired) electrons. The summed E-state index contributed by atoms with van der Waals surface area (Å²) in [6.07, 6.45) is 24.6. The number of rotatable bonds is 28. The number of hydrogen-bond acceptors (Lipinski definition) is 8. The molecule has 8 heteroatoms. The first kappa shape index (κ1) is 41.0. The second kappa shape index (κ2) is 27.1. The molecule has 8 nitrogen and oxygen atoms in total. The number of aliphatic hydroxyl groups excluding tert-OH is 3. The fraction of sp³-hybridized carbons (Fsp3) is 0.811. The largest absolute Gasteiger partial charge is 0.462 e. The van der Waals surface area contributed by atoms with Crippen LogP contribution in [0.4, 0.5) is 0 Å². The Morgan fingerprint density at radius 1 is 0.844 bits per heavy atom. The van der Waals surface area contributed by atoms with Crippen molar-refractivity contribution in [2.45, 2.75) is 167 Å². The summed E-state index contributed by atoms with van der Waals surface area (Å²) in [4.78, 5) is 36.7. The van der Waals surface area contributed by atoms with Crippen LogP contribution in [0.3, 0.4) is 0 Å². The second-order valence-corrected chi connectivity index (χ2v) is 12.7. The van der Waals surface area contributed by atoms with Crippen LogP contribution >= 0.6 is 0 Å². The number of unbranched alkanes of at least 4 members (excludes halogenated alkanes) is 13. The maximum atomic E-state index is 12.4. The Labute approximate surface area is 273 Å². The second-order valence-electron chi connectivity index (χ2n) is 12.7. The molecule has 1 saturated carbocycles. The van der Waals surface area contributed by atoms with E-state index in [9.17, 15) is 29.7 Å². The minimum Gasteiger partial charge on any atom is -0.462 e. The first-order chi connectivity index (χ1) is 21.8. The third-order valence-corrected chi connectivity index (χ3v) is 8.62. The van der Waals surface area contributed by atoms with E-state index >= 15 is 0 Å². The normalized spacial score (nSPS) is 19.8. The highest BCUT2D eigenvalue weighted by Gasteiger charge is 2.39. The predicted octanol–water partition coefficient (Wildman–Crippen LogP) is 7.31. The highest BCUT2D eigenvalue weighted by molar-refractivity contribution is 5.86. The van der Waals surface area contributed by atoms with Crippen molar-refractivity contribution in [3.05, 3.63) is 24.3 Å². The fourth-order valence-corrected chi connectivity index (χ4v) is 5.77. The average Bonchev–Trinajstić information content (AvgIpc) is 3.29. The van der Waals surface area contributed by atoms with Crippen molar-refractivity contribution >= 4 is 17.7 Å². The molecule has 45 heavy (non-hydrogen) atoms. The van der Waals surface area contributed by atoms with E-state index in [2.05, 4.69) is 13.8 Å². The lowest BCUT2D eigenvalue weighted by Crippen LogP contribution is -2.28. The van der Waals surface area contributed by atoms with Gasteiger partial charge in [-0.1, -0.05) is 122 Å². The van der Waals surface area contributed by atoms with E-state index in [1.54, 1.807) is 12.2 Å². The SMILES string of the molecule is CCCCCCCCCCCCCC(=O)O[C@@H](CO)COC(=O)CCC/C=C\C[C@H]1[C@@H](O)CC(=O)[C@@H]1/C=C/[C@@H](O)CCCCC. The maximum Gasteiger partial charge on any atom is 0.306 e. The number of allylic oxidation sites excluding steroid dienone is 3. The number of hydrogen-bond donors (Lipinski definition) is 3. The van der Waals surface area contributed by atoms with Crippen LogP contribution in [-0.4, -0.2) is 64.6 Å². The molecule has 0 saturated heterocycles. The molecule has 0 amide bonds. The molecule has 0 spiro atoms. The number of Topliss-reactive ketones (excluding diaryl/α,β-unsaturated/α-hetero) is 1. The van der Waals surface area contributed by atoms with Gasteiger partial charge in [0.15, 0.2) is 6.10 Å². The Kier molecular flexibility index (Phi) is 24.7. The summed E-state index contributed by atoms with van der Waals surface area (Å²) in [5, 5.41) is 30.1. The third-order valence-electron chi connectivity index (χ3n) is 8.62. The lowest BCUT2D eigenvalue weighted by molar-refractivity contribution is -0.161. The molecule has 0 aliphatic heterocycles. The average molecular weight is 637 g/mol. The smallest absolute Gasteiger partial charge is 0.306 e. The Balaban J connectivity index is 2.18. The van der Waals surface area contributed by atoms with E-state index < -0.39 is 36.8 Å². The number of carbonyl (C=O) groups excluding carboxylic acids is 3. The third kappa shape index (κ3) is 20.7. The summed E-state index contributed by atoms with van der Waals surface area (Å²) >= 11 is 0. The lowest BCUT2D eigenvalue weighted by Gasteiger charge is -2.17. The van der Waals surface area contributed by atoms with E-state index in [-0.39, 0.29) is 37.1 Å². The quantitative estimate of drug-likeness (QED) is 0.0463. The first-order valence-corrected chi connectivity index (χ1v) is 18.0. The van der Waals surface area contributed by atoms with Gasteiger partial charge in [-0.05, 0) is 32.1 Å². The number of ether oxygens (including phenoxy) is 2. The molecule has 0 aromatic carbocycles. The molecule has 1 aliphatic carbocycles. The van der Waals surface area contributed by atoms with Gasteiger partial charge in [0.05, 0.1) is 18.8 Å². The van der Waals surface area contributed by atoms with Crippen LogP contribution in [0.5, 0.6) is 0 Å². The van der Waals surface area contributed by atoms with E-state index in [4.69, 9.17) is 9.47 Å². The lowest BCUT2D eigenvalue weighted by atomic mass is 9.90. The van der Waals surface area contributed by atoms with Crippen LogP contribution in [0.25, 0.3) is 0 Å². The Morgan fingerprint density at radius 3 is 2.09 bits per heavy atom. The summed E-state index contributed by atoms with van der Waals surface area (Å²) in [6, 6.07) is 0. The van der Waals surface area contributed by atoms with Crippen molar-refractivity contribution in [3.8, 4) is 0 Å². The Morgan fingerprint density at radius 2 is 1.44 bits per heavy atom. The molecule has 3 N–H and O–H groups in total. The molecule has 0 bridgehead atoms. The summed E-state index contributed by atoms with van der Waals surface area (Å²) in [6.45, 7) is 3.78. The van der Waals surface area contributed by atoms with Crippen LogP contribution in [0.1, 0.15) is 149 Å². The number of ketones is 1. The van der Waals surface area contributed by atoms with Crippen LogP contribution in [0.15, 0.2) is 24.3 Å². The van der Waals surface area contributed by atoms with E-state index in [1.165, 1.54) is 51.4 Å². The first-order valence-electron chi connectivity index (χ1n) is 18.0. The van der Waals surface area contributed by atoms with Gasteiger partial charge in [0.2, 0.25) is 0 Å². The molecule has 1 aliphatic rings. The topological polar surface area (TPSA) is 130 Å². The monoisotopic (exact) mass is 636 g/mol. The van der Waals surface area contributed by atoms with Gasteiger partial charge >= 0.3 is 11.9 Å². The highest BCUT2D eigenvalue weighted by Crippen LogP contribution is 2.33. The van der Waals surface area contributed by atoms with Crippen molar-refractivity contribution in [2.75, 3.05) is 13.2 Å². The molecule has 1 fully saturated rings. The van der Waals surface area contributed by atoms with Gasteiger partial charge < -0.3 is 24.8 Å². The fourth-order valence-electron chi connectivity index (χ4n) is 5.77. The number of esters is 2. The standard InChI is InChI=1S/C37H64O8/c1-3-5-7-8-9-10-11-12-13-14-20-24-37(43)45-31(28-38)29-44-36(42)23-19-16-15-18-22-32-33(35(41)27-34(32)40)26-25-30(39)21-17-6-4-2/h15,18,25-26,30-34,38-40H,3-14,16-17,19-24,27-29H2,1-2H3/b18-15-,26-25+/t30-,31-,32+,33+,34-/m0/s1. The van der Waals surface area contributed by atoms with Crippen molar-refractivity contribution in [2.24, 2.45) is 11.8 Å². The van der Waals surface area contributed by atoms with E-state index in [1.807, 2.05) is 12.2 Å². The summed E-state index contributed by atoms with van der Waals surface area (Å²) in [5.74, 6) is -1.40. The highest BCUT2D eigenvalue weighted by atomic mass is 16.6. The van der Waals surface area contributed by atoms with Gasteiger partial charge in [0, 0.05) is 31.1 Å². The van der Waals surface area contributed by atoms with Crippen molar-refractivity contribution < 1.29 is 39.2 Å². The van der Waals surface area contributed by atoms with Gasteiger partial charge in [-0.15, -0.1) is 0 Å². The van der Waals surface area contributed by atoms with Crippen molar-refractivity contribution in [1.82, 2.24) is 0 Å².